The molecular formula is C12H21N5. The normalized spacial score (nSPS) is 21.7. The van der Waals surface area contributed by atoms with Crippen LogP contribution in [-0.4, -0.2) is 33.0 Å². The highest BCUT2D eigenvalue weighted by Gasteiger charge is 2.32. The van der Waals surface area contributed by atoms with Crippen LogP contribution in [0, 0.1) is 0 Å². The summed E-state index contributed by atoms with van der Waals surface area (Å²) in [5, 5.41) is 0. The summed E-state index contributed by atoms with van der Waals surface area (Å²) >= 11 is 0. The van der Waals surface area contributed by atoms with Crippen molar-refractivity contribution in [2.75, 3.05) is 6.54 Å². The molecule has 1 aliphatic rings. The summed E-state index contributed by atoms with van der Waals surface area (Å²) in [5.41, 5.74) is 7.20. The fourth-order valence-corrected chi connectivity index (χ4v) is 2.35. The lowest BCUT2D eigenvalue weighted by atomic mass is 10.1. The second-order valence-corrected chi connectivity index (χ2v) is 4.48. The average Bonchev–Trinajstić information content (AvgIpc) is 2.93. The van der Waals surface area contributed by atoms with E-state index in [0.29, 0.717) is 12.0 Å². The Labute approximate surface area is 102 Å². The van der Waals surface area contributed by atoms with Crippen LogP contribution in [0.4, 0.5) is 0 Å². The van der Waals surface area contributed by atoms with Gasteiger partial charge in [0.25, 0.3) is 0 Å². The molecule has 0 spiro atoms. The predicted octanol–water partition coefficient (Wildman–Crippen LogP) is 1.37. The Kier molecular flexibility index (Phi) is 3.36. The third-order valence-electron chi connectivity index (χ3n) is 3.52. The number of aromatic nitrogens is 2. The molecular weight excluding hydrogens is 214 g/mol. The molecule has 1 aromatic rings. The molecule has 0 aliphatic carbocycles. The second kappa shape index (κ2) is 4.77. The molecule has 2 heterocycles. The number of aliphatic imine (C=N–C) groups is 1. The average molecular weight is 235 g/mol. The van der Waals surface area contributed by atoms with Crippen molar-refractivity contribution in [3.05, 3.63) is 18.2 Å². The first-order valence-electron chi connectivity index (χ1n) is 6.27. The van der Waals surface area contributed by atoms with Crippen LogP contribution in [0.5, 0.6) is 0 Å². The zero-order valence-electron chi connectivity index (χ0n) is 10.8. The van der Waals surface area contributed by atoms with Gasteiger partial charge in [0.05, 0.1) is 30.8 Å². The maximum atomic E-state index is 5.99. The fourth-order valence-electron chi connectivity index (χ4n) is 2.35. The van der Waals surface area contributed by atoms with Crippen LogP contribution in [0.15, 0.2) is 17.5 Å². The van der Waals surface area contributed by atoms with Gasteiger partial charge in [0.15, 0.2) is 5.96 Å². The lowest BCUT2D eigenvalue weighted by Crippen LogP contribution is -2.42. The number of nitrogens with two attached hydrogens (primary N) is 1. The van der Waals surface area contributed by atoms with Gasteiger partial charge >= 0.3 is 0 Å². The van der Waals surface area contributed by atoms with Crippen molar-refractivity contribution >= 4 is 5.96 Å². The highest BCUT2D eigenvalue weighted by atomic mass is 15.3. The Morgan fingerprint density at radius 1 is 1.53 bits per heavy atom. The number of aryl methyl sites for hydroxylation is 1. The molecule has 17 heavy (non-hydrogen) atoms. The standard InChI is InChI=1S/C12H21N5/c1-4-9(3)17-11(7-15-12(17)13)10-6-14-8-16(10)5-2/h6,8-9,11H,4-5,7H2,1-3H3,(H2,13,15). The molecule has 5 heteroatoms. The number of hydrogen-bond acceptors (Lipinski definition) is 4. The summed E-state index contributed by atoms with van der Waals surface area (Å²) < 4.78 is 2.16. The Balaban J connectivity index is 2.27. The molecule has 2 rings (SSSR count). The van der Waals surface area contributed by atoms with E-state index in [9.17, 15) is 0 Å². The highest BCUT2D eigenvalue weighted by Crippen LogP contribution is 2.28. The molecule has 0 aromatic carbocycles. The molecule has 2 N–H and O–H groups in total. The van der Waals surface area contributed by atoms with Gasteiger partial charge in [-0.05, 0) is 20.3 Å². The van der Waals surface area contributed by atoms with Gasteiger partial charge in [-0.1, -0.05) is 6.92 Å². The minimum Gasteiger partial charge on any atom is -0.370 e. The van der Waals surface area contributed by atoms with Crippen LogP contribution in [0.1, 0.15) is 38.9 Å². The molecule has 0 fully saturated rings. The van der Waals surface area contributed by atoms with Gasteiger partial charge in [0.2, 0.25) is 0 Å². The van der Waals surface area contributed by atoms with Gasteiger partial charge in [-0.3, -0.25) is 4.99 Å². The minimum absolute atomic E-state index is 0.243. The van der Waals surface area contributed by atoms with E-state index in [1.165, 1.54) is 5.69 Å². The van der Waals surface area contributed by atoms with Crippen molar-refractivity contribution in [3.63, 3.8) is 0 Å². The van der Waals surface area contributed by atoms with Crippen molar-refractivity contribution in [1.29, 1.82) is 0 Å². The first-order chi connectivity index (χ1) is 8.19. The Bertz CT molecular complexity index is 409. The molecule has 0 saturated carbocycles. The fraction of sp³-hybridized carbons (Fsp3) is 0.667. The van der Waals surface area contributed by atoms with Crippen LogP contribution in [-0.2, 0) is 6.54 Å². The number of rotatable bonds is 4. The quantitative estimate of drug-likeness (QED) is 0.857. The van der Waals surface area contributed by atoms with Crippen molar-refractivity contribution in [1.82, 2.24) is 14.5 Å². The molecule has 94 valence electrons. The van der Waals surface area contributed by atoms with Gasteiger partial charge in [0.1, 0.15) is 0 Å². The monoisotopic (exact) mass is 235 g/mol. The third kappa shape index (κ3) is 2.01. The number of nitrogens with zero attached hydrogens (tertiary/aromatic N) is 4. The van der Waals surface area contributed by atoms with E-state index in [1.807, 2.05) is 12.5 Å². The lowest BCUT2D eigenvalue weighted by Gasteiger charge is -2.31. The Hall–Kier alpha value is -1.52. The Morgan fingerprint density at radius 2 is 2.29 bits per heavy atom. The summed E-state index contributed by atoms with van der Waals surface area (Å²) in [6, 6.07) is 0.652. The third-order valence-corrected chi connectivity index (χ3v) is 3.52. The number of imidazole rings is 1. The molecule has 5 nitrogen and oxygen atoms in total. The zero-order chi connectivity index (χ0) is 12.4. The molecule has 1 aromatic heterocycles. The predicted molar refractivity (Wildman–Crippen MR) is 68.7 cm³/mol. The van der Waals surface area contributed by atoms with Gasteiger partial charge in [-0.25, -0.2) is 4.98 Å². The van der Waals surface area contributed by atoms with Crippen LogP contribution in [0.25, 0.3) is 0 Å². The summed E-state index contributed by atoms with van der Waals surface area (Å²) in [4.78, 5) is 10.8. The van der Waals surface area contributed by atoms with Gasteiger partial charge in [-0.2, -0.15) is 0 Å². The molecule has 0 bridgehead atoms. The molecule has 0 amide bonds. The van der Waals surface area contributed by atoms with Crippen molar-refractivity contribution in [2.45, 2.75) is 45.8 Å². The molecule has 2 unspecified atom stereocenters. The van der Waals surface area contributed by atoms with Crippen molar-refractivity contribution in [3.8, 4) is 0 Å². The lowest BCUT2D eigenvalue weighted by molar-refractivity contribution is 0.260. The van der Waals surface area contributed by atoms with E-state index < -0.39 is 0 Å². The van der Waals surface area contributed by atoms with E-state index in [1.54, 1.807) is 0 Å². The molecule has 2 atom stereocenters. The summed E-state index contributed by atoms with van der Waals surface area (Å²) in [7, 11) is 0. The van der Waals surface area contributed by atoms with Crippen LogP contribution in [0.2, 0.25) is 0 Å². The van der Waals surface area contributed by atoms with Gasteiger partial charge in [-0.15, -0.1) is 0 Å². The van der Waals surface area contributed by atoms with Gasteiger partial charge < -0.3 is 15.2 Å². The maximum absolute atomic E-state index is 5.99. The second-order valence-electron chi connectivity index (χ2n) is 4.48. The highest BCUT2D eigenvalue weighted by molar-refractivity contribution is 5.80. The summed E-state index contributed by atoms with van der Waals surface area (Å²) in [6.45, 7) is 8.15. The summed E-state index contributed by atoms with van der Waals surface area (Å²) in [5.74, 6) is 0.660. The summed E-state index contributed by atoms with van der Waals surface area (Å²) in [6.07, 6.45) is 4.86. The molecule has 0 saturated heterocycles. The number of hydrogen-bond donors (Lipinski definition) is 1. The maximum Gasteiger partial charge on any atom is 0.192 e. The molecule has 0 radical (unpaired) electrons. The SMILES string of the molecule is CCC(C)N1C(N)=NCC1c1cncn1CC. The van der Waals surface area contributed by atoms with E-state index in [2.05, 4.69) is 40.2 Å². The number of guanidine groups is 1. The topological polar surface area (TPSA) is 59.4 Å². The van der Waals surface area contributed by atoms with Crippen molar-refractivity contribution < 1.29 is 0 Å². The Morgan fingerprint density at radius 3 is 2.94 bits per heavy atom. The van der Waals surface area contributed by atoms with Crippen LogP contribution >= 0.6 is 0 Å². The van der Waals surface area contributed by atoms with E-state index in [0.717, 1.165) is 19.5 Å². The molecule has 1 aliphatic heterocycles. The van der Waals surface area contributed by atoms with E-state index in [4.69, 9.17) is 5.73 Å². The largest absolute Gasteiger partial charge is 0.370 e. The van der Waals surface area contributed by atoms with Gasteiger partial charge in [0, 0.05) is 12.6 Å². The van der Waals surface area contributed by atoms with Crippen LogP contribution in [0.3, 0.4) is 0 Å². The first-order valence-corrected chi connectivity index (χ1v) is 6.27. The first kappa shape index (κ1) is 12.0. The minimum atomic E-state index is 0.243. The smallest absolute Gasteiger partial charge is 0.192 e. The zero-order valence-corrected chi connectivity index (χ0v) is 10.8. The van der Waals surface area contributed by atoms with E-state index >= 15 is 0 Å². The van der Waals surface area contributed by atoms with E-state index in [-0.39, 0.29) is 6.04 Å². The van der Waals surface area contributed by atoms with Crippen molar-refractivity contribution in [2.24, 2.45) is 10.7 Å². The van der Waals surface area contributed by atoms with Crippen LogP contribution < -0.4 is 5.73 Å².